The highest BCUT2D eigenvalue weighted by atomic mass is 16.2. The predicted octanol–water partition coefficient (Wildman–Crippen LogP) is 2.95. The lowest BCUT2D eigenvalue weighted by Crippen LogP contribution is -2.45. The van der Waals surface area contributed by atoms with E-state index in [-0.39, 0.29) is 29.3 Å². The molecule has 23 heavy (non-hydrogen) atoms. The Hall–Kier alpha value is -1.84. The van der Waals surface area contributed by atoms with Gasteiger partial charge in [-0.2, -0.15) is 0 Å². The topological polar surface area (TPSA) is 58.2 Å². The number of benzene rings is 1. The SMILES string of the molecule is CC(C)(C)NC(=O)CNC(=O)CCc1ccc(C(C)(C)C)cc1. The Balaban J connectivity index is 2.38. The molecule has 0 heterocycles. The van der Waals surface area contributed by atoms with E-state index in [1.807, 2.05) is 20.8 Å². The normalized spacial score (nSPS) is 11.9. The van der Waals surface area contributed by atoms with Gasteiger partial charge in [0.1, 0.15) is 0 Å². The van der Waals surface area contributed by atoms with Crippen molar-refractivity contribution in [3.63, 3.8) is 0 Å². The number of hydrogen-bond donors (Lipinski definition) is 2. The van der Waals surface area contributed by atoms with E-state index < -0.39 is 0 Å². The number of amides is 2. The number of rotatable bonds is 5. The second-order valence-electron chi connectivity index (χ2n) is 8.02. The highest BCUT2D eigenvalue weighted by Gasteiger charge is 2.15. The molecule has 4 heteroatoms. The fraction of sp³-hybridized carbons (Fsp3) is 0.579. The first kappa shape index (κ1) is 19.2. The largest absolute Gasteiger partial charge is 0.350 e. The van der Waals surface area contributed by atoms with Gasteiger partial charge < -0.3 is 10.6 Å². The van der Waals surface area contributed by atoms with Gasteiger partial charge in [-0.15, -0.1) is 0 Å². The summed E-state index contributed by atoms with van der Waals surface area (Å²) in [6.07, 6.45) is 1.06. The molecule has 0 aromatic heterocycles. The van der Waals surface area contributed by atoms with Crippen LogP contribution in [0.2, 0.25) is 0 Å². The molecule has 0 saturated carbocycles. The average molecular weight is 318 g/mol. The molecule has 2 amide bonds. The van der Waals surface area contributed by atoms with Crippen LogP contribution in [0.15, 0.2) is 24.3 Å². The quantitative estimate of drug-likeness (QED) is 0.877. The molecule has 1 aromatic carbocycles. The summed E-state index contributed by atoms with van der Waals surface area (Å²) in [6.45, 7) is 12.3. The van der Waals surface area contributed by atoms with Gasteiger partial charge in [-0.05, 0) is 43.7 Å². The molecule has 0 aliphatic carbocycles. The molecular weight excluding hydrogens is 288 g/mol. The lowest BCUT2D eigenvalue weighted by atomic mass is 9.86. The fourth-order valence-electron chi connectivity index (χ4n) is 2.16. The summed E-state index contributed by atoms with van der Waals surface area (Å²) < 4.78 is 0. The van der Waals surface area contributed by atoms with Crippen molar-refractivity contribution < 1.29 is 9.59 Å². The molecule has 1 aromatic rings. The van der Waals surface area contributed by atoms with Crippen LogP contribution in [0.3, 0.4) is 0 Å². The minimum absolute atomic E-state index is 0.0269. The summed E-state index contributed by atoms with van der Waals surface area (Å²) in [7, 11) is 0. The fourth-order valence-corrected chi connectivity index (χ4v) is 2.16. The number of carbonyl (C=O) groups excluding carboxylic acids is 2. The maximum absolute atomic E-state index is 11.8. The maximum Gasteiger partial charge on any atom is 0.239 e. The van der Waals surface area contributed by atoms with Crippen LogP contribution in [0.4, 0.5) is 0 Å². The molecule has 4 nitrogen and oxygen atoms in total. The summed E-state index contributed by atoms with van der Waals surface area (Å²) in [6, 6.07) is 8.37. The van der Waals surface area contributed by atoms with E-state index in [1.54, 1.807) is 0 Å². The third-order valence-corrected chi connectivity index (χ3v) is 3.42. The molecule has 0 spiro atoms. The van der Waals surface area contributed by atoms with Crippen LogP contribution in [0.5, 0.6) is 0 Å². The lowest BCUT2D eigenvalue weighted by Gasteiger charge is -2.20. The number of nitrogens with one attached hydrogen (secondary N) is 2. The van der Waals surface area contributed by atoms with Crippen LogP contribution in [-0.4, -0.2) is 23.9 Å². The molecule has 128 valence electrons. The van der Waals surface area contributed by atoms with Crippen LogP contribution in [0, 0.1) is 0 Å². The zero-order valence-corrected chi connectivity index (χ0v) is 15.2. The molecule has 0 aliphatic heterocycles. The van der Waals surface area contributed by atoms with Crippen LogP contribution in [-0.2, 0) is 21.4 Å². The summed E-state index contributed by atoms with van der Waals surface area (Å²) in [5.74, 6) is -0.269. The predicted molar refractivity (Wildman–Crippen MR) is 94.4 cm³/mol. The summed E-state index contributed by atoms with van der Waals surface area (Å²) in [5.41, 5.74) is 2.27. The summed E-state index contributed by atoms with van der Waals surface area (Å²) in [5, 5.41) is 5.47. The van der Waals surface area contributed by atoms with Crippen LogP contribution < -0.4 is 10.6 Å². The van der Waals surface area contributed by atoms with Crippen molar-refractivity contribution in [2.24, 2.45) is 0 Å². The van der Waals surface area contributed by atoms with Gasteiger partial charge >= 0.3 is 0 Å². The zero-order chi connectivity index (χ0) is 17.7. The van der Waals surface area contributed by atoms with Crippen molar-refractivity contribution in [1.29, 1.82) is 0 Å². The molecular formula is C19H30N2O2. The van der Waals surface area contributed by atoms with Crippen molar-refractivity contribution in [3.05, 3.63) is 35.4 Å². The minimum Gasteiger partial charge on any atom is -0.350 e. The second kappa shape index (κ2) is 7.62. The minimum atomic E-state index is -0.281. The molecule has 0 atom stereocenters. The van der Waals surface area contributed by atoms with E-state index in [1.165, 1.54) is 5.56 Å². The molecule has 2 N–H and O–H groups in total. The van der Waals surface area contributed by atoms with E-state index in [0.717, 1.165) is 5.56 Å². The van der Waals surface area contributed by atoms with Crippen molar-refractivity contribution in [2.45, 2.75) is 65.3 Å². The molecule has 0 fully saturated rings. The van der Waals surface area contributed by atoms with Crippen molar-refractivity contribution in [1.82, 2.24) is 10.6 Å². The van der Waals surface area contributed by atoms with Crippen molar-refractivity contribution in [2.75, 3.05) is 6.54 Å². The van der Waals surface area contributed by atoms with Crippen molar-refractivity contribution >= 4 is 11.8 Å². The number of carbonyl (C=O) groups is 2. The summed E-state index contributed by atoms with van der Waals surface area (Å²) in [4.78, 5) is 23.5. The van der Waals surface area contributed by atoms with Gasteiger partial charge in [0.25, 0.3) is 0 Å². The third kappa shape index (κ3) is 7.82. The van der Waals surface area contributed by atoms with E-state index in [9.17, 15) is 9.59 Å². The molecule has 1 rings (SSSR count). The Morgan fingerprint density at radius 2 is 1.48 bits per heavy atom. The van der Waals surface area contributed by atoms with Gasteiger partial charge in [0.15, 0.2) is 0 Å². The van der Waals surface area contributed by atoms with E-state index in [4.69, 9.17) is 0 Å². The van der Waals surface area contributed by atoms with Crippen LogP contribution >= 0.6 is 0 Å². The van der Waals surface area contributed by atoms with E-state index in [2.05, 4.69) is 55.7 Å². The zero-order valence-electron chi connectivity index (χ0n) is 15.2. The van der Waals surface area contributed by atoms with Gasteiger partial charge in [-0.1, -0.05) is 45.0 Å². The second-order valence-corrected chi connectivity index (χ2v) is 8.02. The standard InChI is InChI=1S/C19H30N2O2/c1-18(2,3)15-10-7-14(8-11-15)9-12-16(22)20-13-17(23)21-19(4,5)6/h7-8,10-11H,9,12-13H2,1-6H3,(H,20,22)(H,21,23). The Morgan fingerprint density at radius 1 is 0.913 bits per heavy atom. The molecule has 0 saturated heterocycles. The van der Waals surface area contributed by atoms with Crippen molar-refractivity contribution in [3.8, 4) is 0 Å². The number of aryl methyl sites for hydroxylation is 1. The molecule has 0 unspecified atom stereocenters. The van der Waals surface area contributed by atoms with Gasteiger partial charge in [-0.3, -0.25) is 9.59 Å². The average Bonchev–Trinajstić information content (AvgIpc) is 2.40. The highest BCUT2D eigenvalue weighted by molar-refractivity contribution is 5.85. The Labute approximate surface area is 140 Å². The maximum atomic E-state index is 11.8. The van der Waals surface area contributed by atoms with Gasteiger partial charge in [0.2, 0.25) is 11.8 Å². The third-order valence-electron chi connectivity index (χ3n) is 3.42. The Kier molecular flexibility index (Phi) is 6.37. The van der Waals surface area contributed by atoms with Gasteiger partial charge in [0.05, 0.1) is 6.54 Å². The molecule has 0 radical (unpaired) electrons. The summed E-state index contributed by atoms with van der Waals surface area (Å²) >= 11 is 0. The lowest BCUT2D eigenvalue weighted by molar-refractivity contribution is -0.126. The highest BCUT2D eigenvalue weighted by Crippen LogP contribution is 2.22. The monoisotopic (exact) mass is 318 g/mol. The first-order valence-electron chi connectivity index (χ1n) is 8.14. The van der Waals surface area contributed by atoms with E-state index >= 15 is 0 Å². The molecule has 0 aliphatic rings. The Bertz CT molecular complexity index is 534. The smallest absolute Gasteiger partial charge is 0.239 e. The van der Waals surface area contributed by atoms with Crippen LogP contribution in [0.25, 0.3) is 0 Å². The first-order valence-corrected chi connectivity index (χ1v) is 8.14. The Morgan fingerprint density at radius 3 is 1.96 bits per heavy atom. The van der Waals surface area contributed by atoms with Gasteiger partial charge in [0, 0.05) is 12.0 Å². The molecule has 0 bridgehead atoms. The first-order chi connectivity index (χ1) is 10.5. The van der Waals surface area contributed by atoms with Gasteiger partial charge in [-0.25, -0.2) is 0 Å². The van der Waals surface area contributed by atoms with E-state index in [0.29, 0.717) is 12.8 Å². The van der Waals surface area contributed by atoms with Crippen LogP contribution in [0.1, 0.15) is 59.1 Å². The number of hydrogen-bond acceptors (Lipinski definition) is 2.